The summed E-state index contributed by atoms with van der Waals surface area (Å²) in [5, 5.41) is 13.4. The Balaban J connectivity index is 2.24. The Bertz CT molecular complexity index is 671. The van der Waals surface area contributed by atoms with E-state index >= 15 is 0 Å². The van der Waals surface area contributed by atoms with Gasteiger partial charge in [0.15, 0.2) is 0 Å². The third-order valence-corrected chi connectivity index (χ3v) is 3.07. The van der Waals surface area contributed by atoms with E-state index in [9.17, 15) is 14.5 Å². The summed E-state index contributed by atoms with van der Waals surface area (Å²) in [5.41, 5.74) is 0.00760. The highest BCUT2D eigenvalue weighted by molar-refractivity contribution is 9.10. The molecular formula is C11H7BrClFN4O2. The van der Waals surface area contributed by atoms with Gasteiger partial charge in [-0.1, -0.05) is 15.9 Å². The fraction of sp³-hybridized carbons (Fsp3) is 0.0909. The summed E-state index contributed by atoms with van der Waals surface area (Å²) in [6, 6.07) is 4.42. The van der Waals surface area contributed by atoms with Crippen LogP contribution in [0.4, 0.5) is 15.9 Å². The van der Waals surface area contributed by atoms with Crippen molar-refractivity contribution in [3.63, 3.8) is 0 Å². The highest BCUT2D eigenvalue weighted by Gasteiger charge is 2.17. The summed E-state index contributed by atoms with van der Waals surface area (Å²) in [7, 11) is 0. The molecule has 0 saturated heterocycles. The molecule has 20 heavy (non-hydrogen) atoms. The standard InChI is InChI=1S/C11H7BrClFN4O2/c12-7-1-2-8(14)6(3-7)4-15-10-9(18(19)20)5-16-11(13)17-10/h1-3,5H,4H2,(H,15,16,17). The molecule has 0 fully saturated rings. The van der Waals surface area contributed by atoms with E-state index in [0.29, 0.717) is 10.0 Å². The van der Waals surface area contributed by atoms with E-state index in [2.05, 4.69) is 31.2 Å². The van der Waals surface area contributed by atoms with Crippen LogP contribution in [0.3, 0.4) is 0 Å². The average Bonchev–Trinajstić information content (AvgIpc) is 2.39. The molecule has 0 aliphatic heterocycles. The Labute approximate surface area is 126 Å². The fourth-order valence-electron chi connectivity index (χ4n) is 1.48. The number of anilines is 1. The molecule has 9 heteroatoms. The summed E-state index contributed by atoms with van der Waals surface area (Å²) in [4.78, 5) is 17.5. The number of hydrogen-bond donors (Lipinski definition) is 1. The van der Waals surface area contributed by atoms with Gasteiger partial charge >= 0.3 is 5.69 Å². The monoisotopic (exact) mass is 360 g/mol. The molecule has 2 aromatic rings. The number of halogens is 3. The van der Waals surface area contributed by atoms with E-state index in [1.165, 1.54) is 6.07 Å². The van der Waals surface area contributed by atoms with E-state index in [1.54, 1.807) is 12.1 Å². The Hall–Kier alpha value is -1.80. The molecule has 104 valence electrons. The first-order valence-electron chi connectivity index (χ1n) is 5.32. The highest BCUT2D eigenvalue weighted by atomic mass is 79.9. The zero-order valence-electron chi connectivity index (χ0n) is 9.81. The lowest BCUT2D eigenvalue weighted by Gasteiger charge is -2.07. The Morgan fingerprint density at radius 3 is 2.95 bits per heavy atom. The molecule has 0 saturated carbocycles. The number of nitro groups is 1. The predicted molar refractivity (Wildman–Crippen MR) is 75.1 cm³/mol. The number of nitrogens with one attached hydrogen (secondary N) is 1. The third kappa shape index (κ3) is 3.40. The summed E-state index contributed by atoms with van der Waals surface area (Å²) in [6.45, 7) is 0.0272. The lowest BCUT2D eigenvalue weighted by Crippen LogP contribution is -2.07. The van der Waals surface area contributed by atoms with Gasteiger partial charge in [0.05, 0.1) is 4.92 Å². The van der Waals surface area contributed by atoms with E-state index in [1.807, 2.05) is 0 Å². The second-order valence-corrected chi connectivity index (χ2v) is 4.97. The summed E-state index contributed by atoms with van der Waals surface area (Å²) < 4.78 is 14.3. The van der Waals surface area contributed by atoms with Crippen molar-refractivity contribution in [1.82, 2.24) is 9.97 Å². The van der Waals surface area contributed by atoms with Crippen LogP contribution >= 0.6 is 27.5 Å². The van der Waals surface area contributed by atoms with Gasteiger partial charge in [-0.15, -0.1) is 0 Å². The van der Waals surface area contributed by atoms with Crippen molar-refractivity contribution in [3.8, 4) is 0 Å². The van der Waals surface area contributed by atoms with Gasteiger partial charge in [0.1, 0.15) is 12.0 Å². The van der Waals surface area contributed by atoms with Crippen LogP contribution in [0.5, 0.6) is 0 Å². The molecule has 6 nitrogen and oxygen atoms in total. The molecule has 1 heterocycles. The molecule has 0 aliphatic rings. The third-order valence-electron chi connectivity index (χ3n) is 2.39. The van der Waals surface area contributed by atoms with Gasteiger partial charge in [-0.2, -0.15) is 4.98 Å². The molecule has 2 rings (SSSR count). The molecule has 1 N–H and O–H groups in total. The Kier molecular flexibility index (Phi) is 4.46. The van der Waals surface area contributed by atoms with Crippen molar-refractivity contribution >= 4 is 39.0 Å². The van der Waals surface area contributed by atoms with E-state index < -0.39 is 10.7 Å². The van der Waals surface area contributed by atoms with Crippen LogP contribution in [-0.4, -0.2) is 14.9 Å². The summed E-state index contributed by atoms with van der Waals surface area (Å²) >= 11 is 8.82. The zero-order valence-corrected chi connectivity index (χ0v) is 12.2. The molecule has 0 amide bonds. The van der Waals surface area contributed by atoms with Crippen molar-refractivity contribution in [2.24, 2.45) is 0 Å². The van der Waals surface area contributed by atoms with Crippen LogP contribution in [0.2, 0.25) is 5.28 Å². The van der Waals surface area contributed by atoms with Crippen LogP contribution in [0.15, 0.2) is 28.9 Å². The maximum atomic E-state index is 13.6. The number of rotatable bonds is 4. The van der Waals surface area contributed by atoms with E-state index in [0.717, 1.165) is 6.20 Å². The second-order valence-electron chi connectivity index (χ2n) is 3.72. The van der Waals surface area contributed by atoms with Gasteiger partial charge in [-0.25, -0.2) is 9.37 Å². The van der Waals surface area contributed by atoms with Gasteiger partial charge in [0.2, 0.25) is 11.1 Å². The lowest BCUT2D eigenvalue weighted by atomic mass is 10.2. The molecule has 0 bridgehead atoms. The molecule has 0 atom stereocenters. The second kappa shape index (κ2) is 6.10. The van der Waals surface area contributed by atoms with Crippen molar-refractivity contribution < 1.29 is 9.31 Å². The molecule has 1 aromatic carbocycles. The maximum absolute atomic E-state index is 13.6. The van der Waals surface area contributed by atoms with Gasteiger partial charge < -0.3 is 5.32 Å². The smallest absolute Gasteiger partial charge is 0.329 e. The topological polar surface area (TPSA) is 81.0 Å². The first kappa shape index (κ1) is 14.6. The maximum Gasteiger partial charge on any atom is 0.329 e. The van der Waals surface area contributed by atoms with Crippen LogP contribution in [0.25, 0.3) is 0 Å². The molecule has 0 spiro atoms. The summed E-state index contributed by atoms with van der Waals surface area (Å²) in [6.07, 6.45) is 0.995. The van der Waals surface area contributed by atoms with Crippen molar-refractivity contribution in [1.29, 1.82) is 0 Å². The minimum absolute atomic E-state index is 0.0272. The minimum Gasteiger partial charge on any atom is -0.360 e. The normalized spacial score (nSPS) is 10.3. The molecular weight excluding hydrogens is 355 g/mol. The predicted octanol–water partition coefficient (Wildman–Crippen LogP) is 3.55. The Morgan fingerprint density at radius 1 is 1.50 bits per heavy atom. The van der Waals surface area contributed by atoms with Gasteiger partial charge in [-0.3, -0.25) is 10.1 Å². The van der Waals surface area contributed by atoms with Crippen molar-refractivity contribution in [2.75, 3.05) is 5.32 Å². The lowest BCUT2D eigenvalue weighted by molar-refractivity contribution is -0.384. The van der Waals surface area contributed by atoms with Gasteiger partial charge in [0, 0.05) is 16.6 Å². The number of aromatic nitrogens is 2. The molecule has 1 aromatic heterocycles. The van der Waals surface area contributed by atoms with Gasteiger partial charge in [-0.05, 0) is 29.8 Å². The van der Waals surface area contributed by atoms with Crippen LogP contribution in [-0.2, 0) is 6.54 Å². The average molecular weight is 362 g/mol. The number of hydrogen-bond acceptors (Lipinski definition) is 5. The first-order chi connectivity index (χ1) is 9.47. The van der Waals surface area contributed by atoms with E-state index in [-0.39, 0.29) is 23.3 Å². The largest absolute Gasteiger partial charge is 0.360 e. The highest BCUT2D eigenvalue weighted by Crippen LogP contribution is 2.23. The quantitative estimate of drug-likeness (QED) is 0.512. The Morgan fingerprint density at radius 2 is 2.25 bits per heavy atom. The minimum atomic E-state index is -0.643. The summed E-state index contributed by atoms with van der Waals surface area (Å²) in [5.74, 6) is -0.488. The van der Waals surface area contributed by atoms with Crippen LogP contribution in [0.1, 0.15) is 5.56 Å². The fourth-order valence-corrected chi connectivity index (χ4v) is 2.02. The van der Waals surface area contributed by atoms with Crippen LogP contribution < -0.4 is 5.32 Å². The van der Waals surface area contributed by atoms with Gasteiger partial charge in [0.25, 0.3) is 0 Å². The molecule has 0 radical (unpaired) electrons. The number of benzene rings is 1. The molecule has 0 unspecified atom stereocenters. The zero-order chi connectivity index (χ0) is 14.7. The number of nitrogens with zero attached hydrogens (tertiary/aromatic N) is 3. The SMILES string of the molecule is O=[N+]([O-])c1cnc(Cl)nc1NCc1cc(Br)ccc1F. The first-order valence-corrected chi connectivity index (χ1v) is 6.49. The van der Waals surface area contributed by atoms with Crippen molar-refractivity contribution in [2.45, 2.75) is 6.54 Å². The molecule has 0 aliphatic carbocycles. The van der Waals surface area contributed by atoms with Crippen LogP contribution in [0, 0.1) is 15.9 Å². The van der Waals surface area contributed by atoms with Crippen molar-refractivity contribution in [3.05, 3.63) is 55.6 Å². The van der Waals surface area contributed by atoms with E-state index in [4.69, 9.17) is 11.6 Å².